The molecule has 2 fully saturated rings. The van der Waals surface area contributed by atoms with Crippen LogP contribution in [0.5, 0.6) is 0 Å². The van der Waals surface area contributed by atoms with E-state index in [9.17, 15) is 14.0 Å². The van der Waals surface area contributed by atoms with Gasteiger partial charge in [-0.2, -0.15) is 0 Å². The molecule has 2 aliphatic rings. The lowest BCUT2D eigenvalue weighted by atomic mass is 9.84. The van der Waals surface area contributed by atoms with Gasteiger partial charge in [-0.1, -0.05) is 42.8 Å². The van der Waals surface area contributed by atoms with Gasteiger partial charge < -0.3 is 9.80 Å². The van der Waals surface area contributed by atoms with E-state index in [2.05, 4.69) is 6.07 Å². The molecule has 1 heterocycles. The standard InChI is InChI=1S/C24H27FN2O2/c1-26-12-13-27(24(29)19-5-3-6-19)16-21(23(26)28)15-17-4-2-7-20(14-17)18-8-10-22(25)11-9-18/h2,4,7-11,14,19,21H,3,5-6,12-13,15-16H2,1H3. The third-order valence-electron chi connectivity index (χ3n) is 6.22. The number of carbonyl (C=O) groups excluding carboxylic acids is 2. The highest BCUT2D eigenvalue weighted by atomic mass is 19.1. The molecule has 1 saturated heterocycles. The van der Waals surface area contributed by atoms with Crippen molar-refractivity contribution in [1.82, 2.24) is 9.80 Å². The summed E-state index contributed by atoms with van der Waals surface area (Å²) < 4.78 is 13.2. The molecule has 1 unspecified atom stereocenters. The lowest BCUT2D eigenvalue weighted by molar-refractivity contribution is -0.138. The van der Waals surface area contributed by atoms with E-state index in [1.54, 1.807) is 17.0 Å². The maximum Gasteiger partial charge on any atom is 0.227 e. The summed E-state index contributed by atoms with van der Waals surface area (Å²) in [4.78, 5) is 29.3. The second-order valence-corrected chi connectivity index (χ2v) is 8.28. The van der Waals surface area contributed by atoms with Gasteiger partial charge in [0.1, 0.15) is 5.82 Å². The molecule has 1 aliphatic carbocycles. The van der Waals surface area contributed by atoms with E-state index in [0.717, 1.165) is 36.0 Å². The first-order chi connectivity index (χ1) is 14.0. The highest BCUT2D eigenvalue weighted by Gasteiger charge is 2.35. The van der Waals surface area contributed by atoms with E-state index in [-0.39, 0.29) is 29.5 Å². The summed E-state index contributed by atoms with van der Waals surface area (Å²) in [6, 6.07) is 14.5. The first-order valence-corrected chi connectivity index (χ1v) is 10.4. The number of nitrogens with zero attached hydrogens (tertiary/aromatic N) is 2. The van der Waals surface area contributed by atoms with Gasteiger partial charge in [-0.15, -0.1) is 0 Å². The lowest BCUT2D eigenvalue weighted by Gasteiger charge is -2.31. The Labute approximate surface area is 171 Å². The van der Waals surface area contributed by atoms with Gasteiger partial charge in [0, 0.05) is 32.6 Å². The minimum absolute atomic E-state index is 0.0982. The van der Waals surface area contributed by atoms with Crippen molar-refractivity contribution in [1.29, 1.82) is 0 Å². The predicted octanol–water partition coefficient (Wildman–Crippen LogP) is 3.75. The van der Waals surface area contributed by atoms with Crippen LogP contribution in [0.15, 0.2) is 48.5 Å². The van der Waals surface area contributed by atoms with Gasteiger partial charge in [0.15, 0.2) is 0 Å². The highest BCUT2D eigenvalue weighted by Crippen LogP contribution is 2.30. The maximum atomic E-state index is 13.2. The smallest absolute Gasteiger partial charge is 0.227 e. The fourth-order valence-electron chi connectivity index (χ4n) is 4.20. The number of benzene rings is 2. The molecule has 29 heavy (non-hydrogen) atoms. The first kappa shape index (κ1) is 19.6. The van der Waals surface area contributed by atoms with Crippen LogP contribution in [0, 0.1) is 17.7 Å². The summed E-state index contributed by atoms with van der Waals surface area (Å²) in [5.41, 5.74) is 3.00. The zero-order chi connectivity index (χ0) is 20.4. The molecule has 4 nitrogen and oxygen atoms in total. The summed E-state index contributed by atoms with van der Waals surface area (Å²) in [5.74, 6) is -0.0373. The molecule has 152 valence electrons. The van der Waals surface area contributed by atoms with E-state index in [1.807, 2.05) is 30.1 Å². The summed E-state index contributed by atoms with van der Waals surface area (Å²) in [5, 5.41) is 0. The zero-order valence-electron chi connectivity index (χ0n) is 16.8. The van der Waals surface area contributed by atoms with Crippen LogP contribution in [-0.4, -0.2) is 48.3 Å². The molecule has 2 aromatic carbocycles. The second-order valence-electron chi connectivity index (χ2n) is 8.28. The summed E-state index contributed by atoms with van der Waals surface area (Å²) in [6.45, 7) is 1.69. The van der Waals surface area contributed by atoms with E-state index < -0.39 is 0 Å². The van der Waals surface area contributed by atoms with Gasteiger partial charge in [0.05, 0.1) is 5.92 Å². The molecule has 2 aromatic rings. The Morgan fingerprint density at radius 3 is 2.52 bits per heavy atom. The molecule has 0 N–H and O–H groups in total. The van der Waals surface area contributed by atoms with Crippen LogP contribution in [0.2, 0.25) is 0 Å². The number of halogens is 1. The Morgan fingerprint density at radius 2 is 1.83 bits per heavy atom. The minimum atomic E-state index is -0.256. The molecular formula is C24H27FN2O2. The van der Waals surface area contributed by atoms with Gasteiger partial charge >= 0.3 is 0 Å². The molecule has 2 amide bonds. The topological polar surface area (TPSA) is 40.6 Å². The van der Waals surface area contributed by atoms with E-state index in [4.69, 9.17) is 0 Å². The largest absolute Gasteiger partial charge is 0.344 e. The van der Waals surface area contributed by atoms with Crippen molar-refractivity contribution >= 4 is 11.8 Å². The van der Waals surface area contributed by atoms with Gasteiger partial charge in [-0.05, 0) is 48.1 Å². The van der Waals surface area contributed by atoms with E-state index >= 15 is 0 Å². The third-order valence-corrected chi connectivity index (χ3v) is 6.22. The average molecular weight is 394 g/mol. The van der Waals surface area contributed by atoms with Crippen LogP contribution < -0.4 is 0 Å². The first-order valence-electron chi connectivity index (χ1n) is 10.4. The summed E-state index contributed by atoms with van der Waals surface area (Å²) >= 11 is 0. The van der Waals surface area contributed by atoms with Crippen LogP contribution in [-0.2, 0) is 16.0 Å². The van der Waals surface area contributed by atoms with Crippen molar-refractivity contribution < 1.29 is 14.0 Å². The number of likely N-dealkylation sites (N-methyl/N-ethyl adjacent to an activating group) is 1. The van der Waals surface area contributed by atoms with Crippen LogP contribution in [0.4, 0.5) is 4.39 Å². The Balaban J connectivity index is 1.52. The Morgan fingerprint density at radius 1 is 1.07 bits per heavy atom. The van der Waals surface area contributed by atoms with Crippen LogP contribution in [0.25, 0.3) is 11.1 Å². The molecule has 1 atom stereocenters. The number of amides is 2. The quantitative estimate of drug-likeness (QED) is 0.792. The summed E-state index contributed by atoms with van der Waals surface area (Å²) in [7, 11) is 1.82. The lowest BCUT2D eigenvalue weighted by Crippen LogP contribution is -2.42. The highest BCUT2D eigenvalue weighted by molar-refractivity contribution is 5.83. The summed E-state index contributed by atoms with van der Waals surface area (Å²) in [6.07, 6.45) is 3.67. The maximum absolute atomic E-state index is 13.2. The number of hydrogen-bond acceptors (Lipinski definition) is 2. The minimum Gasteiger partial charge on any atom is -0.344 e. The SMILES string of the molecule is CN1CCN(C(=O)C2CCC2)CC(Cc2cccc(-c3ccc(F)cc3)c2)C1=O. The van der Waals surface area contributed by atoms with Crippen LogP contribution in [0.3, 0.4) is 0 Å². The van der Waals surface area contributed by atoms with Gasteiger partial charge in [0.25, 0.3) is 0 Å². The van der Waals surface area contributed by atoms with Crippen molar-refractivity contribution in [3.63, 3.8) is 0 Å². The number of rotatable bonds is 4. The van der Waals surface area contributed by atoms with Crippen molar-refractivity contribution in [3.8, 4) is 11.1 Å². The molecule has 0 radical (unpaired) electrons. The van der Waals surface area contributed by atoms with E-state index in [1.165, 1.54) is 12.1 Å². The van der Waals surface area contributed by atoms with Crippen molar-refractivity contribution in [2.75, 3.05) is 26.7 Å². The monoisotopic (exact) mass is 394 g/mol. The second kappa shape index (κ2) is 8.36. The van der Waals surface area contributed by atoms with Crippen molar-refractivity contribution in [2.45, 2.75) is 25.7 Å². The molecular weight excluding hydrogens is 367 g/mol. The molecule has 5 heteroatoms. The number of hydrogen-bond donors (Lipinski definition) is 0. The van der Waals surface area contributed by atoms with Gasteiger partial charge in [0.2, 0.25) is 11.8 Å². The normalized spacial score (nSPS) is 20.3. The van der Waals surface area contributed by atoms with Crippen LogP contribution in [0.1, 0.15) is 24.8 Å². The van der Waals surface area contributed by atoms with Crippen molar-refractivity contribution in [2.24, 2.45) is 11.8 Å². The fraction of sp³-hybridized carbons (Fsp3) is 0.417. The Hall–Kier alpha value is -2.69. The molecule has 0 aromatic heterocycles. The predicted molar refractivity (Wildman–Crippen MR) is 111 cm³/mol. The zero-order valence-corrected chi connectivity index (χ0v) is 16.8. The number of carbonyl (C=O) groups is 2. The van der Waals surface area contributed by atoms with Crippen LogP contribution >= 0.6 is 0 Å². The van der Waals surface area contributed by atoms with Gasteiger partial charge in [-0.3, -0.25) is 9.59 Å². The fourth-order valence-corrected chi connectivity index (χ4v) is 4.20. The third kappa shape index (κ3) is 4.34. The van der Waals surface area contributed by atoms with Gasteiger partial charge in [-0.25, -0.2) is 4.39 Å². The van der Waals surface area contributed by atoms with E-state index in [0.29, 0.717) is 26.1 Å². The molecule has 0 spiro atoms. The van der Waals surface area contributed by atoms with Crippen molar-refractivity contribution in [3.05, 3.63) is 59.9 Å². The average Bonchev–Trinajstić information content (AvgIpc) is 2.81. The molecule has 1 aliphatic heterocycles. The Bertz CT molecular complexity index is 892. The molecule has 0 bridgehead atoms. The molecule has 4 rings (SSSR count). The Kier molecular flexibility index (Phi) is 5.65. The molecule has 1 saturated carbocycles.